The van der Waals surface area contributed by atoms with E-state index >= 15 is 0 Å². The van der Waals surface area contributed by atoms with Gasteiger partial charge in [-0.15, -0.1) is 0 Å². The third-order valence-electron chi connectivity index (χ3n) is 3.44. The predicted octanol–water partition coefficient (Wildman–Crippen LogP) is 3.43. The molecule has 3 aromatic rings. The van der Waals surface area contributed by atoms with Crippen LogP contribution < -0.4 is 10.7 Å². The maximum Gasteiger partial charge on any atom is 0.341 e. The zero-order valence-corrected chi connectivity index (χ0v) is 12.9. The van der Waals surface area contributed by atoms with Crippen LogP contribution in [0.4, 0.5) is 10.5 Å². The second-order valence-corrected chi connectivity index (χ2v) is 5.44. The van der Waals surface area contributed by atoms with Crippen LogP contribution in [0.5, 0.6) is 0 Å². The number of carbonyl (C=O) groups is 2. The lowest BCUT2D eigenvalue weighted by Gasteiger charge is -2.12. The highest BCUT2D eigenvalue weighted by Crippen LogP contribution is 2.17. The topological polar surface area (TPSA) is 88.4 Å². The molecule has 2 N–H and O–H groups in total. The summed E-state index contributed by atoms with van der Waals surface area (Å²) in [5.74, 6) is -1.39. The fraction of sp³-hybridized carbons (Fsp3) is 0. The molecule has 6 nitrogen and oxygen atoms in total. The summed E-state index contributed by atoms with van der Waals surface area (Å²) >= 11 is 5.88. The molecule has 0 unspecified atom stereocenters. The zero-order chi connectivity index (χ0) is 17.3. The second-order valence-electron chi connectivity index (χ2n) is 5.00. The standard InChI is InChI=1S/C17H11ClN2O4/c18-10-4-3-5-11(8-10)19-17(24)20-9-13(16(22)23)15(21)12-6-1-2-7-14(12)20/h1-9H,(H,19,24)(H,22,23). The lowest BCUT2D eigenvalue weighted by Crippen LogP contribution is -2.25. The molecule has 0 aliphatic carbocycles. The molecule has 7 heteroatoms. The first-order valence-corrected chi connectivity index (χ1v) is 7.30. The van der Waals surface area contributed by atoms with Crippen molar-refractivity contribution in [3.8, 4) is 0 Å². The summed E-state index contributed by atoms with van der Waals surface area (Å²) in [5.41, 5.74) is -0.348. The van der Waals surface area contributed by atoms with Crippen molar-refractivity contribution in [2.75, 3.05) is 5.32 Å². The fourth-order valence-electron chi connectivity index (χ4n) is 2.35. The van der Waals surface area contributed by atoms with Crippen molar-refractivity contribution in [3.05, 3.63) is 75.5 Å². The van der Waals surface area contributed by atoms with Crippen LogP contribution in [0.25, 0.3) is 10.9 Å². The van der Waals surface area contributed by atoms with E-state index in [9.17, 15) is 19.5 Å². The van der Waals surface area contributed by atoms with Gasteiger partial charge in [0.25, 0.3) is 0 Å². The van der Waals surface area contributed by atoms with Gasteiger partial charge in [-0.1, -0.05) is 29.8 Å². The lowest BCUT2D eigenvalue weighted by molar-refractivity contribution is 0.0695. The number of nitrogens with zero attached hydrogens (tertiary/aromatic N) is 1. The summed E-state index contributed by atoms with van der Waals surface area (Å²) in [7, 11) is 0. The van der Waals surface area contributed by atoms with Crippen molar-refractivity contribution >= 4 is 40.2 Å². The molecule has 1 amide bonds. The Balaban J connectivity index is 2.14. The van der Waals surface area contributed by atoms with Crippen LogP contribution in [0.2, 0.25) is 5.02 Å². The summed E-state index contributed by atoms with van der Waals surface area (Å²) in [6.45, 7) is 0. The van der Waals surface area contributed by atoms with Gasteiger partial charge in [0.05, 0.1) is 5.52 Å². The van der Waals surface area contributed by atoms with Crippen LogP contribution in [0.15, 0.2) is 59.5 Å². The summed E-state index contributed by atoms with van der Waals surface area (Å²) in [6, 6.07) is 12.2. The Bertz CT molecular complexity index is 1030. The van der Waals surface area contributed by atoms with Crippen LogP contribution in [0, 0.1) is 0 Å². The lowest BCUT2D eigenvalue weighted by atomic mass is 10.1. The smallest absolute Gasteiger partial charge is 0.341 e. The highest BCUT2D eigenvalue weighted by molar-refractivity contribution is 6.30. The molecule has 1 heterocycles. The van der Waals surface area contributed by atoms with E-state index in [0.29, 0.717) is 16.2 Å². The van der Waals surface area contributed by atoms with Crippen LogP contribution in [0.1, 0.15) is 10.4 Å². The van der Waals surface area contributed by atoms with Gasteiger partial charge in [0.2, 0.25) is 5.43 Å². The Morgan fingerprint density at radius 1 is 1.08 bits per heavy atom. The Hall–Kier alpha value is -3.12. The third-order valence-corrected chi connectivity index (χ3v) is 3.67. The molecule has 2 aromatic carbocycles. The average molecular weight is 343 g/mol. The van der Waals surface area contributed by atoms with Crippen molar-refractivity contribution in [2.45, 2.75) is 0 Å². The highest BCUT2D eigenvalue weighted by Gasteiger charge is 2.17. The van der Waals surface area contributed by atoms with E-state index < -0.39 is 23.0 Å². The van der Waals surface area contributed by atoms with E-state index in [1.807, 2.05) is 0 Å². The molecule has 0 bridgehead atoms. The van der Waals surface area contributed by atoms with Gasteiger partial charge in [0.1, 0.15) is 5.56 Å². The molecule has 0 aliphatic heterocycles. The molecule has 0 atom stereocenters. The minimum atomic E-state index is -1.39. The molecule has 0 fully saturated rings. The Kier molecular flexibility index (Phi) is 4.05. The van der Waals surface area contributed by atoms with E-state index in [4.69, 9.17) is 11.6 Å². The zero-order valence-electron chi connectivity index (χ0n) is 12.2. The predicted molar refractivity (Wildman–Crippen MR) is 91.0 cm³/mol. The number of carboxylic acids is 1. The Morgan fingerprint density at radius 3 is 2.54 bits per heavy atom. The van der Waals surface area contributed by atoms with E-state index in [1.165, 1.54) is 6.07 Å². The SMILES string of the molecule is O=C(O)c1cn(C(=O)Nc2cccc(Cl)c2)c2ccccc2c1=O. The summed E-state index contributed by atoms with van der Waals surface area (Å²) < 4.78 is 1.10. The van der Waals surface area contributed by atoms with Crippen LogP contribution in [-0.4, -0.2) is 21.7 Å². The number of benzene rings is 2. The molecule has 0 saturated heterocycles. The van der Waals surface area contributed by atoms with E-state index in [2.05, 4.69) is 5.32 Å². The van der Waals surface area contributed by atoms with Crippen molar-refractivity contribution in [3.63, 3.8) is 0 Å². The van der Waals surface area contributed by atoms with Gasteiger partial charge < -0.3 is 10.4 Å². The first-order chi connectivity index (χ1) is 11.5. The molecular weight excluding hydrogens is 332 g/mol. The third kappa shape index (κ3) is 2.87. The number of pyridine rings is 1. The number of hydrogen-bond acceptors (Lipinski definition) is 3. The molecule has 1 aromatic heterocycles. The van der Waals surface area contributed by atoms with Crippen molar-refractivity contribution in [1.29, 1.82) is 0 Å². The van der Waals surface area contributed by atoms with Crippen molar-refractivity contribution in [2.24, 2.45) is 0 Å². The normalized spacial score (nSPS) is 10.5. The van der Waals surface area contributed by atoms with Crippen LogP contribution in [-0.2, 0) is 0 Å². The molecule has 0 aliphatic rings. The molecule has 0 radical (unpaired) electrons. The summed E-state index contributed by atoms with van der Waals surface area (Å²) in [5, 5.41) is 12.4. The number of carbonyl (C=O) groups excluding carboxylic acids is 1. The molecule has 0 spiro atoms. The molecular formula is C17H11ClN2O4. The van der Waals surface area contributed by atoms with Gasteiger partial charge in [0.15, 0.2) is 0 Å². The number of amides is 1. The summed E-state index contributed by atoms with van der Waals surface area (Å²) in [4.78, 5) is 36.0. The number of aromatic carboxylic acids is 1. The van der Waals surface area contributed by atoms with E-state index in [1.54, 1.807) is 42.5 Å². The first-order valence-electron chi connectivity index (χ1n) is 6.92. The van der Waals surface area contributed by atoms with Gasteiger partial charge in [-0.3, -0.25) is 9.36 Å². The molecule has 24 heavy (non-hydrogen) atoms. The number of nitrogens with one attached hydrogen (secondary N) is 1. The number of rotatable bonds is 2. The number of halogens is 1. The number of para-hydroxylation sites is 1. The van der Waals surface area contributed by atoms with E-state index in [0.717, 1.165) is 10.8 Å². The quantitative estimate of drug-likeness (QED) is 0.746. The van der Waals surface area contributed by atoms with Gasteiger partial charge in [-0.2, -0.15) is 0 Å². The Labute approximate surface area is 140 Å². The second kappa shape index (κ2) is 6.17. The minimum absolute atomic E-state index is 0.152. The first kappa shape index (κ1) is 15.8. The number of aromatic nitrogens is 1. The molecule has 0 saturated carbocycles. The molecule has 120 valence electrons. The largest absolute Gasteiger partial charge is 0.477 e. The number of hydrogen-bond donors (Lipinski definition) is 2. The number of anilines is 1. The Morgan fingerprint density at radius 2 is 1.83 bits per heavy atom. The van der Waals surface area contributed by atoms with Crippen molar-refractivity contribution < 1.29 is 14.7 Å². The highest BCUT2D eigenvalue weighted by atomic mass is 35.5. The number of carboxylic acid groups (broad SMARTS) is 1. The fourth-order valence-corrected chi connectivity index (χ4v) is 2.54. The maximum absolute atomic E-state index is 12.5. The average Bonchev–Trinajstić information content (AvgIpc) is 2.55. The molecule has 3 rings (SSSR count). The minimum Gasteiger partial charge on any atom is -0.477 e. The monoisotopic (exact) mass is 342 g/mol. The van der Waals surface area contributed by atoms with Crippen LogP contribution >= 0.6 is 11.6 Å². The number of fused-ring (bicyclic) bond motifs is 1. The van der Waals surface area contributed by atoms with E-state index in [-0.39, 0.29) is 5.39 Å². The van der Waals surface area contributed by atoms with Gasteiger partial charge in [0, 0.05) is 22.3 Å². The van der Waals surface area contributed by atoms with Crippen LogP contribution in [0.3, 0.4) is 0 Å². The maximum atomic E-state index is 12.5. The van der Waals surface area contributed by atoms with Crippen molar-refractivity contribution in [1.82, 2.24) is 4.57 Å². The van der Waals surface area contributed by atoms with Gasteiger partial charge in [-0.05, 0) is 30.3 Å². The van der Waals surface area contributed by atoms with Gasteiger partial charge >= 0.3 is 12.0 Å². The van der Waals surface area contributed by atoms with Gasteiger partial charge in [-0.25, -0.2) is 9.59 Å². The summed E-state index contributed by atoms with van der Waals surface area (Å²) in [6.07, 6.45) is 1.02.